The number of nitrogens with zero attached hydrogens (tertiary/aromatic N) is 1. The standard InChI is InChI=1S/C20H16F3N3O2/c1-28-17-7-2-4-13(10-17)19(27)26-18-9-8-16(12-24-18)25-15-6-3-5-14(11-15)20(21,22)23/h2-12,25H,1H3,(H,24,26,27). The van der Waals surface area contributed by atoms with Crippen LogP contribution >= 0.6 is 0 Å². The van der Waals surface area contributed by atoms with Crippen molar-refractivity contribution in [2.75, 3.05) is 17.7 Å². The number of carbonyl (C=O) groups is 1. The van der Waals surface area contributed by atoms with Gasteiger partial charge in [0.25, 0.3) is 5.91 Å². The van der Waals surface area contributed by atoms with Crippen LogP contribution in [0.2, 0.25) is 0 Å². The van der Waals surface area contributed by atoms with Gasteiger partial charge in [-0.2, -0.15) is 13.2 Å². The third-order valence-corrected chi connectivity index (χ3v) is 3.82. The van der Waals surface area contributed by atoms with Crippen molar-refractivity contribution in [1.29, 1.82) is 0 Å². The highest BCUT2D eigenvalue weighted by Crippen LogP contribution is 2.31. The van der Waals surface area contributed by atoms with E-state index in [0.717, 1.165) is 12.1 Å². The number of methoxy groups -OCH3 is 1. The van der Waals surface area contributed by atoms with E-state index in [4.69, 9.17) is 4.74 Å². The van der Waals surface area contributed by atoms with E-state index < -0.39 is 11.7 Å². The number of benzene rings is 2. The van der Waals surface area contributed by atoms with E-state index in [1.165, 1.54) is 25.4 Å². The number of aromatic nitrogens is 1. The lowest BCUT2D eigenvalue weighted by atomic mass is 10.2. The third-order valence-electron chi connectivity index (χ3n) is 3.82. The number of alkyl halides is 3. The number of hydrogen-bond acceptors (Lipinski definition) is 4. The lowest BCUT2D eigenvalue weighted by molar-refractivity contribution is -0.137. The topological polar surface area (TPSA) is 63.2 Å². The van der Waals surface area contributed by atoms with E-state index in [0.29, 0.717) is 22.8 Å². The number of anilines is 3. The van der Waals surface area contributed by atoms with E-state index >= 15 is 0 Å². The van der Waals surface area contributed by atoms with Crippen molar-refractivity contribution < 1.29 is 22.7 Å². The zero-order valence-electron chi connectivity index (χ0n) is 14.7. The lowest BCUT2D eigenvalue weighted by Gasteiger charge is -2.11. The first-order chi connectivity index (χ1) is 13.3. The number of halogens is 3. The quantitative estimate of drug-likeness (QED) is 0.639. The Kier molecular flexibility index (Phi) is 5.49. The number of carbonyl (C=O) groups excluding carboxylic acids is 1. The maximum Gasteiger partial charge on any atom is 0.416 e. The molecule has 1 amide bonds. The van der Waals surface area contributed by atoms with Gasteiger partial charge in [0.1, 0.15) is 11.6 Å². The summed E-state index contributed by atoms with van der Waals surface area (Å²) in [6.07, 6.45) is -2.99. The summed E-state index contributed by atoms with van der Waals surface area (Å²) < 4.78 is 43.4. The molecule has 0 saturated carbocycles. The fraction of sp³-hybridized carbons (Fsp3) is 0.100. The molecule has 2 aromatic carbocycles. The van der Waals surface area contributed by atoms with Gasteiger partial charge in [-0.15, -0.1) is 0 Å². The first-order valence-electron chi connectivity index (χ1n) is 8.21. The molecule has 0 aliphatic carbocycles. The highest BCUT2D eigenvalue weighted by Gasteiger charge is 2.30. The molecule has 2 N–H and O–H groups in total. The van der Waals surface area contributed by atoms with Gasteiger partial charge in [-0.1, -0.05) is 12.1 Å². The Morgan fingerprint density at radius 1 is 1.00 bits per heavy atom. The first-order valence-corrected chi connectivity index (χ1v) is 8.21. The van der Waals surface area contributed by atoms with Crippen molar-refractivity contribution in [3.63, 3.8) is 0 Å². The van der Waals surface area contributed by atoms with Crippen LogP contribution in [0.1, 0.15) is 15.9 Å². The lowest BCUT2D eigenvalue weighted by Crippen LogP contribution is -2.13. The van der Waals surface area contributed by atoms with E-state index in [2.05, 4.69) is 15.6 Å². The van der Waals surface area contributed by atoms with Gasteiger partial charge in [0.15, 0.2) is 0 Å². The largest absolute Gasteiger partial charge is 0.497 e. The van der Waals surface area contributed by atoms with Crippen LogP contribution in [-0.2, 0) is 6.18 Å². The number of nitrogens with one attached hydrogen (secondary N) is 2. The van der Waals surface area contributed by atoms with E-state index in [1.54, 1.807) is 36.4 Å². The smallest absolute Gasteiger partial charge is 0.416 e. The molecule has 0 fully saturated rings. The van der Waals surface area contributed by atoms with Crippen LogP contribution in [0.4, 0.5) is 30.4 Å². The molecule has 3 rings (SSSR count). The maximum absolute atomic E-state index is 12.8. The van der Waals surface area contributed by atoms with Crippen LogP contribution in [0, 0.1) is 0 Å². The van der Waals surface area contributed by atoms with Crippen LogP contribution in [-0.4, -0.2) is 18.0 Å². The Morgan fingerprint density at radius 2 is 1.79 bits per heavy atom. The van der Waals surface area contributed by atoms with Crippen LogP contribution in [0.25, 0.3) is 0 Å². The second-order valence-corrected chi connectivity index (χ2v) is 5.82. The van der Waals surface area contributed by atoms with Gasteiger partial charge in [-0.3, -0.25) is 4.79 Å². The molecule has 0 bridgehead atoms. The van der Waals surface area contributed by atoms with E-state index in [1.807, 2.05) is 0 Å². The van der Waals surface area contributed by atoms with Gasteiger partial charge in [0.2, 0.25) is 0 Å². The number of ether oxygens (including phenoxy) is 1. The molecule has 5 nitrogen and oxygen atoms in total. The number of hydrogen-bond donors (Lipinski definition) is 2. The van der Waals surface area contributed by atoms with Gasteiger partial charge in [-0.05, 0) is 48.5 Å². The van der Waals surface area contributed by atoms with E-state index in [-0.39, 0.29) is 11.6 Å². The molecule has 0 unspecified atom stereocenters. The summed E-state index contributed by atoms with van der Waals surface area (Å²) in [5.74, 6) is 0.508. The van der Waals surface area contributed by atoms with Crippen molar-refractivity contribution >= 4 is 23.1 Å². The Bertz CT molecular complexity index is 973. The van der Waals surface area contributed by atoms with Crippen molar-refractivity contribution in [2.45, 2.75) is 6.18 Å². The Balaban J connectivity index is 1.67. The van der Waals surface area contributed by atoms with Gasteiger partial charge >= 0.3 is 6.18 Å². The molecule has 0 atom stereocenters. The predicted molar refractivity (Wildman–Crippen MR) is 99.9 cm³/mol. The Labute approximate surface area is 159 Å². The van der Waals surface area contributed by atoms with Crippen molar-refractivity contribution in [3.05, 3.63) is 78.0 Å². The zero-order valence-corrected chi connectivity index (χ0v) is 14.7. The van der Waals surface area contributed by atoms with Crippen LogP contribution < -0.4 is 15.4 Å². The SMILES string of the molecule is COc1cccc(C(=O)Nc2ccc(Nc3cccc(C(F)(F)F)c3)cn2)c1. The van der Waals surface area contributed by atoms with Crippen LogP contribution in [0.3, 0.4) is 0 Å². The molecule has 1 aromatic heterocycles. The summed E-state index contributed by atoms with van der Waals surface area (Å²) in [5.41, 5.74) is 0.434. The predicted octanol–water partition coefficient (Wildman–Crippen LogP) is 5.10. The molecule has 8 heteroatoms. The fourth-order valence-corrected chi connectivity index (χ4v) is 2.43. The number of amides is 1. The van der Waals surface area contributed by atoms with Gasteiger partial charge in [0, 0.05) is 11.3 Å². The van der Waals surface area contributed by atoms with E-state index in [9.17, 15) is 18.0 Å². The molecule has 0 radical (unpaired) electrons. The molecule has 0 aliphatic rings. The molecule has 28 heavy (non-hydrogen) atoms. The number of pyridine rings is 1. The van der Waals surface area contributed by atoms with Gasteiger partial charge in [-0.25, -0.2) is 4.98 Å². The molecular formula is C20H16F3N3O2. The minimum absolute atomic E-state index is 0.282. The van der Waals surface area contributed by atoms with Crippen molar-refractivity contribution in [3.8, 4) is 5.75 Å². The normalized spacial score (nSPS) is 11.0. The van der Waals surface area contributed by atoms with Crippen LogP contribution in [0.5, 0.6) is 5.75 Å². The van der Waals surface area contributed by atoms with Gasteiger partial charge < -0.3 is 15.4 Å². The summed E-state index contributed by atoms with van der Waals surface area (Å²) in [6, 6.07) is 14.7. The average Bonchev–Trinajstić information content (AvgIpc) is 2.69. The average molecular weight is 387 g/mol. The summed E-state index contributed by atoms with van der Waals surface area (Å²) in [4.78, 5) is 16.4. The molecule has 144 valence electrons. The summed E-state index contributed by atoms with van der Waals surface area (Å²) in [7, 11) is 1.51. The third kappa shape index (κ3) is 4.79. The molecule has 0 spiro atoms. The highest BCUT2D eigenvalue weighted by atomic mass is 19.4. The minimum Gasteiger partial charge on any atom is -0.497 e. The fourth-order valence-electron chi connectivity index (χ4n) is 2.43. The monoisotopic (exact) mass is 387 g/mol. The van der Waals surface area contributed by atoms with Crippen molar-refractivity contribution in [2.24, 2.45) is 0 Å². The molecule has 1 heterocycles. The molecule has 0 aliphatic heterocycles. The molecule has 3 aromatic rings. The Hall–Kier alpha value is -3.55. The van der Waals surface area contributed by atoms with Crippen molar-refractivity contribution in [1.82, 2.24) is 4.98 Å². The molecular weight excluding hydrogens is 371 g/mol. The summed E-state index contributed by atoms with van der Waals surface area (Å²) >= 11 is 0. The maximum atomic E-state index is 12.8. The Morgan fingerprint density at radius 3 is 2.46 bits per heavy atom. The second kappa shape index (κ2) is 7.99. The second-order valence-electron chi connectivity index (χ2n) is 5.82. The zero-order chi connectivity index (χ0) is 20.1. The minimum atomic E-state index is -4.41. The summed E-state index contributed by atoms with van der Waals surface area (Å²) in [6.45, 7) is 0. The molecule has 0 saturated heterocycles. The number of rotatable bonds is 5. The summed E-state index contributed by atoms with van der Waals surface area (Å²) in [5, 5.41) is 5.50. The van der Waals surface area contributed by atoms with Crippen LogP contribution in [0.15, 0.2) is 66.9 Å². The van der Waals surface area contributed by atoms with Gasteiger partial charge in [0.05, 0.1) is 24.6 Å². The highest BCUT2D eigenvalue weighted by molar-refractivity contribution is 6.04. The first kappa shape index (κ1) is 19.2.